The molecule has 2 unspecified atom stereocenters. The molecule has 3 amide bonds. The predicted molar refractivity (Wildman–Crippen MR) is 147 cm³/mol. The molecule has 9 nitrogen and oxygen atoms in total. The first kappa shape index (κ1) is 28.2. The molecule has 38 heavy (non-hydrogen) atoms. The molecule has 0 fully saturated rings. The van der Waals surface area contributed by atoms with E-state index in [0.29, 0.717) is 22.7 Å². The van der Waals surface area contributed by atoms with Gasteiger partial charge in [-0.15, -0.1) is 0 Å². The number of amides is 3. The molecule has 3 aromatic rings. The van der Waals surface area contributed by atoms with Crippen LogP contribution in [0.5, 0.6) is 5.75 Å². The van der Waals surface area contributed by atoms with Crippen LogP contribution in [-0.2, 0) is 15.3 Å². The number of carboxylic acid groups (broad SMARTS) is 1. The number of para-hydroxylation sites is 1. The van der Waals surface area contributed by atoms with Crippen molar-refractivity contribution in [3.8, 4) is 5.75 Å². The summed E-state index contributed by atoms with van der Waals surface area (Å²) in [6.45, 7) is 5.11. The lowest BCUT2D eigenvalue weighted by Gasteiger charge is -2.44. The van der Waals surface area contributed by atoms with Gasteiger partial charge in [0.25, 0.3) is 0 Å². The predicted octanol–water partition coefficient (Wildman–Crippen LogP) is 5.10. The topological polar surface area (TPSA) is 120 Å². The first-order valence-electron chi connectivity index (χ1n) is 12.2. The van der Waals surface area contributed by atoms with E-state index >= 15 is 0 Å². The smallest absolute Gasteiger partial charge is 0.323 e. The van der Waals surface area contributed by atoms with Crippen molar-refractivity contribution in [2.45, 2.75) is 38.9 Å². The van der Waals surface area contributed by atoms with Crippen molar-refractivity contribution in [3.05, 3.63) is 89.5 Å². The summed E-state index contributed by atoms with van der Waals surface area (Å²) in [7, 11) is 3.25. The van der Waals surface area contributed by atoms with Crippen molar-refractivity contribution in [1.82, 2.24) is 10.2 Å². The van der Waals surface area contributed by atoms with Gasteiger partial charge in [0.2, 0.25) is 5.91 Å². The summed E-state index contributed by atoms with van der Waals surface area (Å²) in [6.07, 6.45) is -0.175. The van der Waals surface area contributed by atoms with Gasteiger partial charge in [-0.05, 0) is 55.8 Å². The highest BCUT2D eigenvalue weighted by Crippen LogP contribution is 2.37. The zero-order chi connectivity index (χ0) is 27.9. The fourth-order valence-corrected chi connectivity index (χ4v) is 4.42. The summed E-state index contributed by atoms with van der Waals surface area (Å²) >= 11 is 0. The van der Waals surface area contributed by atoms with Crippen LogP contribution < -0.4 is 20.7 Å². The summed E-state index contributed by atoms with van der Waals surface area (Å²) in [5.74, 6) is -0.880. The average molecular weight is 519 g/mol. The second kappa shape index (κ2) is 12.2. The van der Waals surface area contributed by atoms with Crippen LogP contribution in [0, 0.1) is 6.92 Å². The molecular formula is C29H34N4O5. The van der Waals surface area contributed by atoms with Crippen LogP contribution in [0.15, 0.2) is 72.8 Å². The van der Waals surface area contributed by atoms with Gasteiger partial charge >= 0.3 is 12.0 Å². The molecule has 0 saturated carbocycles. The van der Waals surface area contributed by atoms with E-state index in [1.807, 2.05) is 66.4 Å². The van der Waals surface area contributed by atoms with E-state index in [4.69, 9.17) is 4.74 Å². The van der Waals surface area contributed by atoms with Crippen LogP contribution in [0.2, 0.25) is 0 Å². The number of ether oxygens (including phenoxy) is 1. The first-order valence-corrected chi connectivity index (χ1v) is 12.2. The van der Waals surface area contributed by atoms with E-state index in [0.717, 1.165) is 11.1 Å². The molecule has 0 aliphatic heterocycles. The Hall–Kier alpha value is -4.37. The number of aliphatic carboxylic acids is 1. The number of rotatable bonds is 10. The fraction of sp³-hybridized carbons (Fsp3) is 0.276. The molecule has 3 aromatic carbocycles. The third-order valence-electron chi connectivity index (χ3n) is 6.55. The minimum Gasteiger partial charge on any atom is -0.495 e. The number of anilines is 2. The molecule has 0 bridgehead atoms. The second-order valence-electron chi connectivity index (χ2n) is 9.20. The highest BCUT2D eigenvalue weighted by Gasteiger charge is 2.38. The number of aryl methyl sites for hydroxylation is 1. The lowest BCUT2D eigenvalue weighted by molar-refractivity contribution is -0.139. The highest BCUT2D eigenvalue weighted by molar-refractivity contribution is 6.01. The minimum absolute atomic E-state index is 0.175. The lowest BCUT2D eigenvalue weighted by Crippen LogP contribution is -2.55. The number of hydrogen-bond donors (Lipinski definition) is 4. The highest BCUT2D eigenvalue weighted by atomic mass is 16.5. The molecule has 0 radical (unpaired) electrons. The van der Waals surface area contributed by atoms with E-state index in [-0.39, 0.29) is 12.3 Å². The molecule has 0 aliphatic carbocycles. The third-order valence-corrected chi connectivity index (χ3v) is 6.55. The largest absolute Gasteiger partial charge is 0.495 e. The van der Waals surface area contributed by atoms with Crippen LogP contribution in [-0.4, -0.2) is 42.1 Å². The maximum atomic E-state index is 12.7. The van der Waals surface area contributed by atoms with Crippen molar-refractivity contribution < 1.29 is 24.2 Å². The van der Waals surface area contributed by atoms with Crippen LogP contribution in [0.25, 0.3) is 0 Å². The Morgan fingerprint density at radius 1 is 0.974 bits per heavy atom. The number of hydrogen-bond acceptors (Lipinski definition) is 5. The van der Waals surface area contributed by atoms with Gasteiger partial charge < -0.3 is 25.8 Å². The molecule has 0 aromatic heterocycles. The quantitative estimate of drug-likeness (QED) is 0.277. The summed E-state index contributed by atoms with van der Waals surface area (Å²) in [5.41, 5.74) is 2.37. The summed E-state index contributed by atoms with van der Waals surface area (Å²) in [5, 5.41) is 18.3. The number of carbonyl (C=O) groups is 3. The molecule has 2 atom stereocenters. The number of carboxylic acids is 1. The minimum atomic E-state index is -1.11. The zero-order valence-electron chi connectivity index (χ0n) is 22.2. The molecular weight excluding hydrogens is 484 g/mol. The van der Waals surface area contributed by atoms with Crippen LogP contribution in [0.1, 0.15) is 43.0 Å². The molecule has 4 N–H and O–H groups in total. The molecule has 200 valence electrons. The molecule has 0 spiro atoms. The lowest BCUT2D eigenvalue weighted by atomic mass is 9.93. The Bertz CT molecular complexity index is 1300. The Balaban J connectivity index is 1.96. The maximum Gasteiger partial charge on any atom is 0.323 e. The summed E-state index contributed by atoms with van der Waals surface area (Å²) < 4.78 is 5.58. The number of nitrogens with one attached hydrogen (secondary N) is 3. The second-order valence-corrected chi connectivity index (χ2v) is 9.20. The van der Waals surface area contributed by atoms with Gasteiger partial charge in [0.1, 0.15) is 11.4 Å². The number of benzene rings is 3. The van der Waals surface area contributed by atoms with E-state index < -0.39 is 23.7 Å². The molecule has 0 aliphatic rings. The number of nitrogens with zero attached hydrogens (tertiary/aromatic N) is 1. The van der Waals surface area contributed by atoms with Crippen molar-refractivity contribution in [2.75, 3.05) is 24.8 Å². The van der Waals surface area contributed by atoms with Crippen molar-refractivity contribution in [2.24, 2.45) is 0 Å². The van der Waals surface area contributed by atoms with E-state index in [9.17, 15) is 19.5 Å². The van der Waals surface area contributed by atoms with E-state index in [2.05, 4.69) is 16.0 Å². The van der Waals surface area contributed by atoms with Gasteiger partial charge in [-0.1, -0.05) is 54.6 Å². The van der Waals surface area contributed by atoms with Gasteiger partial charge in [-0.25, -0.2) is 4.79 Å². The van der Waals surface area contributed by atoms with Gasteiger partial charge in [-0.3, -0.25) is 14.5 Å². The number of carbonyl (C=O) groups excluding carboxylic acids is 2. The Labute approximate surface area is 222 Å². The molecule has 3 rings (SSSR count). The Kier molecular flexibility index (Phi) is 9.09. The summed E-state index contributed by atoms with van der Waals surface area (Å²) in [6, 6.07) is 20.9. The van der Waals surface area contributed by atoms with Crippen LogP contribution in [0.3, 0.4) is 0 Å². The Morgan fingerprint density at radius 2 is 1.61 bits per heavy atom. The first-order chi connectivity index (χ1) is 18.0. The van der Waals surface area contributed by atoms with E-state index in [1.165, 1.54) is 14.0 Å². The summed E-state index contributed by atoms with van der Waals surface area (Å²) in [4.78, 5) is 38.6. The molecule has 0 heterocycles. The zero-order valence-corrected chi connectivity index (χ0v) is 22.2. The fourth-order valence-electron chi connectivity index (χ4n) is 4.42. The number of methoxy groups -OCH3 is 1. The van der Waals surface area contributed by atoms with Crippen LogP contribution in [0.4, 0.5) is 16.2 Å². The van der Waals surface area contributed by atoms with Crippen molar-refractivity contribution in [3.63, 3.8) is 0 Å². The third kappa shape index (κ3) is 6.68. The SMILES string of the molecule is COc1cc(C(C)(NC(C)=O)N(C)C(CC(=O)O)c2ccccc2)ccc1NC(=O)Nc1ccccc1C. The van der Waals surface area contributed by atoms with Crippen LogP contribution >= 0.6 is 0 Å². The Morgan fingerprint density at radius 3 is 2.21 bits per heavy atom. The number of urea groups is 1. The molecule has 9 heteroatoms. The van der Waals surface area contributed by atoms with Crippen molar-refractivity contribution >= 4 is 29.3 Å². The van der Waals surface area contributed by atoms with Gasteiger partial charge in [0.05, 0.1) is 19.2 Å². The van der Waals surface area contributed by atoms with Crippen molar-refractivity contribution in [1.29, 1.82) is 0 Å². The van der Waals surface area contributed by atoms with Gasteiger partial charge in [0.15, 0.2) is 0 Å². The van der Waals surface area contributed by atoms with Gasteiger partial charge in [0, 0.05) is 18.7 Å². The average Bonchev–Trinajstić information content (AvgIpc) is 2.88. The maximum absolute atomic E-state index is 12.7. The van der Waals surface area contributed by atoms with E-state index in [1.54, 1.807) is 32.2 Å². The standard InChI is InChI=1S/C29H34N4O5/c1-19-11-9-10-14-23(19)30-28(37)31-24-16-15-22(17-26(24)38-5)29(3,32-20(2)34)33(4)25(18-27(35)36)21-12-7-6-8-13-21/h6-17,25H,18H2,1-5H3,(H,32,34)(H,35,36)(H2,30,31,37). The normalized spacial score (nSPS) is 13.2. The molecule has 0 saturated heterocycles. The van der Waals surface area contributed by atoms with Gasteiger partial charge in [-0.2, -0.15) is 0 Å². The monoisotopic (exact) mass is 518 g/mol.